The van der Waals surface area contributed by atoms with Gasteiger partial charge in [0.25, 0.3) is 5.91 Å². The average Bonchev–Trinajstić information content (AvgIpc) is 3.36. The number of likely N-dealkylation sites (tertiary alicyclic amines) is 1. The second kappa shape index (κ2) is 7.16. The Labute approximate surface area is 168 Å². The Bertz CT molecular complexity index is 1060. The van der Waals surface area contributed by atoms with Gasteiger partial charge >= 0.3 is 5.97 Å². The van der Waals surface area contributed by atoms with E-state index in [0.29, 0.717) is 35.9 Å². The normalized spacial score (nSPS) is 18.8. The molecule has 1 aromatic heterocycles. The number of aromatic nitrogens is 2. The van der Waals surface area contributed by atoms with Crippen molar-refractivity contribution in [3.05, 3.63) is 59.7 Å². The van der Waals surface area contributed by atoms with Crippen LogP contribution in [0.2, 0.25) is 0 Å². The number of carbonyl (C=O) groups excluding carboxylic acids is 1. The molecule has 0 unspecified atom stereocenters. The molecule has 148 valence electrons. The second-order valence-corrected chi connectivity index (χ2v) is 7.70. The van der Waals surface area contributed by atoms with Crippen molar-refractivity contribution in [3.63, 3.8) is 0 Å². The molecule has 0 radical (unpaired) electrons. The minimum Gasteiger partial charge on any atom is -0.481 e. The highest BCUT2D eigenvalue weighted by molar-refractivity contribution is 5.95. The number of benzene rings is 2. The van der Waals surface area contributed by atoms with Crippen molar-refractivity contribution < 1.29 is 19.1 Å². The van der Waals surface area contributed by atoms with Crippen molar-refractivity contribution in [1.29, 1.82) is 0 Å². The lowest BCUT2D eigenvalue weighted by Crippen LogP contribution is -2.34. The third kappa shape index (κ3) is 3.63. The summed E-state index contributed by atoms with van der Waals surface area (Å²) in [6.45, 7) is 4.34. The molecule has 1 N–H and O–H groups in total. The fraction of sp³-hybridized carbons (Fsp3) is 0.273. The SMILES string of the molecule is Cc1ccc(-c2nnc(-c3ccc(C(=O)N4CC[C@](C)(C(=O)O)C4)cc3)o2)cc1. The van der Waals surface area contributed by atoms with E-state index in [4.69, 9.17) is 4.42 Å². The summed E-state index contributed by atoms with van der Waals surface area (Å²) in [4.78, 5) is 25.7. The van der Waals surface area contributed by atoms with E-state index in [-0.39, 0.29) is 12.5 Å². The Hall–Kier alpha value is -3.48. The number of carboxylic acid groups (broad SMARTS) is 1. The molecule has 0 spiro atoms. The lowest BCUT2D eigenvalue weighted by Gasteiger charge is -2.20. The summed E-state index contributed by atoms with van der Waals surface area (Å²) in [6.07, 6.45) is 0.454. The van der Waals surface area contributed by atoms with Gasteiger partial charge in [-0.2, -0.15) is 0 Å². The van der Waals surface area contributed by atoms with Crippen molar-refractivity contribution in [1.82, 2.24) is 15.1 Å². The van der Waals surface area contributed by atoms with Crippen LogP contribution < -0.4 is 0 Å². The lowest BCUT2D eigenvalue weighted by molar-refractivity contribution is -0.147. The molecule has 0 bridgehead atoms. The van der Waals surface area contributed by atoms with E-state index < -0.39 is 11.4 Å². The largest absolute Gasteiger partial charge is 0.481 e. The third-order valence-electron chi connectivity index (χ3n) is 5.38. The van der Waals surface area contributed by atoms with E-state index in [1.54, 1.807) is 36.1 Å². The molecule has 0 saturated carbocycles. The molecule has 0 aliphatic carbocycles. The summed E-state index contributed by atoms with van der Waals surface area (Å²) in [5.41, 5.74) is 2.32. The van der Waals surface area contributed by atoms with E-state index in [1.807, 2.05) is 31.2 Å². The molecule has 3 aromatic rings. The van der Waals surface area contributed by atoms with Crippen molar-refractivity contribution in [3.8, 4) is 22.9 Å². The first-order valence-corrected chi connectivity index (χ1v) is 9.39. The Morgan fingerprint density at radius 2 is 1.55 bits per heavy atom. The number of hydrogen-bond acceptors (Lipinski definition) is 5. The van der Waals surface area contributed by atoms with Crippen LogP contribution in [0, 0.1) is 12.3 Å². The van der Waals surface area contributed by atoms with E-state index in [2.05, 4.69) is 10.2 Å². The molecular formula is C22H21N3O4. The maximum atomic E-state index is 12.7. The Kier molecular flexibility index (Phi) is 4.66. The maximum absolute atomic E-state index is 12.7. The van der Waals surface area contributed by atoms with Gasteiger partial charge in [-0.25, -0.2) is 0 Å². The first kappa shape index (κ1) is 18.9. The van der Waals surface area contributed by atoms with E-state index >= 15 is 0 Å². The molecule has 1 aliphatic heterocycles. The quantitative estimate of drug-likeness (QED) is 0.729. The average molecular weight is 391 g/mol. The van der Waals surface area contributed by atoms with Crippen molar-refractivity contribution in [2.75, 3.05) is 13.1 Å². The monoisotopic (exact) mass is 391 g/mol. The highest BCUT2D eigenvalue weighted by Gasteiger charge is 2.42. The molecule has 4 rings (SSSR count). The molecule has 2 aromatic carbocycles. The smallest absolute Gasteiger partial charge is 0.311 e. The number of nitrogens with zero attached hydrogens (tertiary/aromatic N) is 3. The zero-order valence-corrected chi connectivity index (χ0v) is 16.3. The summed E-state index contributed by atoms with van der Waals surface area (Å²) in [5.74, 6) is -0.235. The molecule has 1 fully saturated rings. The standard InChI is InChI=1S/C22H21N3O4/c1-14-3-5-15(6-4-14)18-23-24-19(29-18)16-7-9-17(10-8-16)20(26)25-12-11-22(2,13-25)21(27)28/h3-10H,11-13H2,1-2H3,(H,27,28)/t22-/m0/s1. The van der Waals surface area contributed by atoms with Crippen molar-refractivity contribution in [2.45, 2.75) is 20.3 Å². The molecule has 2 heterocycles. The second-order valence-electron chi connectivity index (χ2n) is 7.70. The fourth-order valence-corrected chi connectivity index (χ4v) is 3.40. The molecular weight excluding hydrogens is 370 g/mol. The fourth-order valence-electron chi connectivity index (χ4n) is 3.40. The topological polar surface area (TPSA) is 96.5 Å². The van der Waals surface area contributed by atoms with Gasteiger partial charge < -0.3 is 14.4 Å². The number of carboxylic acids is 1. The maximum Gasteiger partial charge on any atom is 0.311 e. The predicted octanol–water partition coefficient (Wildman–Crippen LogP) is 3.65. The highest BCUT2D eigenvalue weighted by Crippen LogP contribution is 2.31. The Morgan fingerprint density at radius 3 is 2.07 bits per heavy atom. The minimum absolute atomic E-state index is 0.174. The molecule has 1 amide bonds. The van der Waals surface area contributed by atoms with Gasteiger partial charge in [0, 0.05) is 29.8 Å². The zero-order chi connectivity index (χ0) is 20.6. The number of amides is 1. The number of aliphatic carboxylic acids is 1. The minimum atomic E-state index is -0.883. The van der Waals surface area contributed by atoms with Crippen LogP contribution in [0.3, 0.4) is 0 Å². The highest BCUT2D eigenvalue weighted by atomic mass is 16.4. The number of aryl methyl sites for hydroxylation is 1. The molecule has 1 saturated heterocycles. The summed E-state index contributed by atoms with van der Waals surface area (Å²) in [7, 11) is 0. The van der Waals surface area contributed by atoms with Crippen LogP contribution in [0.1, 0.15) is 29.3 Å². The molecule has 7 nitrogen and oxygen atoms in total. The summed E-state index contributed by atoms with van der Waals surface area (Å²) >= 11 is 0. The van der Waals surface area contributed by atoms with Crippen LogP contribution >= 0.6 is 0 Å². The lowest BCUT2D eigenvalue weighted by atomic mass is 9.90. The van der Waals surface area contributed by atoms with Crippen LogP contribution in [0.4, 0.5) is 0 Å². The molecule has 29 heavy (non-hydrogen) atoms. The number of hydrogen-bond donors (Lipinski definition) is 1. The first-order valence-electron chi connectivity index (χ1n) is 9.39. The Morgan fingerprint density at radius 1 is 1.00 bits per heavy atom. The summed E-state index contributed by atoms with van der Waals surface area (Å²) < 4.78 is 5.77. The van der Waals surface area contributed by atoms with Crippen molar-refractivity contribution >= 4 is 11.9 Å². The van der Waals surface area contributed by atoms with Gasteiger partial charge in [-0.3, -0.25) is 9.59 Å². The molecule has 7 heteroatoms. The zero-order valence-electron chi connectivity index (χ0n) is 16.3. The molecule has 1 atom stereocenters. The van der Waals surface area contributed by atoms with Gasteiger partial charge in [-0.05, 0) is 56.7 Å². The van der Waals surface area contributed by atoms with Crippen molar-refractivity contribution in [2.24, 2.45) is 5.41 Å². The van der Waals surface area contributed by atoms with Gasteiger partial charge in [0.2, 0.25) is 11.8 Å². The predicted molar refractivity (Wildman–Crippen MR) is 106 cm³/mol. The van der Waals surface area contributed by atoms with Gasteiger partial charge in [0.05, 0.1) is 5.41 Å². The van der Waals surface area contributed by atoms with Crippen LogP contribution in [0.5, 0.6) is 0 Å². The Balaban J connectivity index is 1.49. The van der Waals surface area contributed by atoms with E-state index in [0.717, 1.165) is 11.1 Å². The third-order valence-corrected chi connectivity index (χ3v) is 5.38. The summed E-state index contributed by atoms with van der Waals surface area (Å²) in [6, 6.07) is 14.7. The van der Waals surface area contributed by atoms with Crippen LogP contribution in [0.15, 0.2) is 52.9 Å². The van der Waals surface area contributed by atoms with Crippen LogP contribution in [0.25, 0.3) is 22.9 Å². The van der Waals surface area contributed by atoms with E-state index in [1.165, 1.54) is 0 Å². The van der Waals surface area contributed by atoms with Gasteiger partial charge in [0.15, 0.2) is 0 Å². The number of carbonyl (C=O) groups is 2. The van der Waals surface area contributed by atoms with Crippen LogP contribution in [-0.2, 0) is 4.79 Å². The summed E-state index contributed by atoms with van der Waals surface area (Å²) in [5, 5.41) is 17.5. The van der Waals surface area contributed by atoms with Crippen LogP contribution in [-0.4, -0.2) is 45.2 Å². The first-order chi connectivity index (χ1) is 13.9. The number of rotatable bonds is 4. The van der Waals surface area contributed by atoms with Gasteiger partial charge in [-0.1, -0.05) is 17.7 Å². The molecule has 1 aliphatic rings. The van der Waals surface area contributed by atoms with Gasteiger partial charge in [-0.15, -0.1) is 10.2 Å². The van der Waals surface area contributed by atoms with Gasteiger partial charge in [0.1, 0.15) is 0 Å². The van der Waals surface area contributed by atoms with E-state index in [9.17, 15) is 14.7 Å².